The van der Waals surface area contributed by atoms with E-state index >= 15 is 0 Å². The zero-order valence-electron chi connectivity index (χ0n) is 12.8. The van der Waals surface area contributed by atoms with Crippen molar-refractivity contribution >= 4 is 5.78 Å². The van der Waals surface area contributed by atoms with Crippen molar-refractivity contribution in [1.82, 2.24) is 0 Å². The molecule has 0 fully saturated rings. The molecule has 0 aliphatic carbocycles. The molecule has 0 atom stereocenters. The third-order valence-electron chi connectivity index (χ3n) is 3.60. The van der Waals surface area contributed by atoms with Crippen LogP contribution in [0.25, 0.3) is 0 Å². The molecule has 1 aromatic rings. The van der Waals surface area contributed by atoms with Gasteiger partial charge >= 0.3 is 0 Å². The third kappa shape index (κ3) is 6.09. The molecular formula is C17H28O2. The van der Waals surface area contributed by atoms with Gasteiger partial charge in [-0.1, -0.05) is 51.9 Å². The van der Waals surface area contributed by atoms with E-state index in [-0.39, 0.29) is 5.78 Å². The highest BCUT2D eigenvalue weighted by Crippen LogP contribution is 2.17. The second-order valence-corrected chi connectivity index (χ2v) is 5.47. The quantitative estimate of drug-likeness (QED) is 0.406. The number of Topliss-reactive ketones (excluding diaryl/α,β-unsaturated/α-hetero) is 1. The molecule has 0 unspecified atom stereocenters. The van der Waals surface area contributed by atoms with Crippen LogP contribution < -0.4 is 0 Å². The van der Waals surface area contributed by atoms with Crippen molar-refractivity contribution in [2.24, 2.45) is 0 Å². The Morgan fingerprint density at radius 2 is 1.58 bits per heavy atom. The number of aryl methyl sites for hydroxylation is 2. The van der Waals surface area contributed by atoms with Crippen LogP contribution in [-0.4, -0.2) is 5.78 Å². The van der Waals surface area contributed by atoms with E-state index in [0.717, 1.165) is 23.5 Å². The number of unbranched alkanes of at least 4 members (excludes halogenated alkanes) is 7. The summed E-state index contributed by atoms with van der Waals surface area (Å²) in [4.78, 5) is 12.0. The van der Waals surface area contributed by atoms with Crippen molar-refractivity contribution in [3.63, 3.8) is 0 Å². The lowest BCUT2D eigenvalue weighted by atomic mass is 10.0. The fourth-order valence-corrected chi connectivity index (χ4v) is 2.46. The van der Waals surface area contributed by atoms with Gasteiger partial charge in [-0.25, -0.2) is 0 Å². The smallest absolute Gasteiger partial charge is 0.166 e. The summed E-state index contributed by atoms with van der Waals surface area (Å²) in [5.74, 6) is 1.83. The van der Waals surface area contributed by atoms with Crippen LogP contribution in [0.3, 0.4) is 0 Å². The first-order chi connectivity index (χ1) is 9.15. The van der Waals surface area contributed by atoms with Crippen LogP contribution >= 0.6 is 0 Å². The van der Waals surface area contributed by atoms with Gasteiger partial charge in [0, 0.05) is 6.42 Å². The molecule has 1 rings (SSSR count). The van der Waals surface area contributed by atoms with E-state index in [4.69, 9.17) is 4.42 Å². The average Bonchev–Trinajstić information content (AvgIpc) is 2.71. The lowest BCUT2D eigenvalue weighted by Crippen LogP contribution is -1.99. The minimum atomic E-state index is 0.236. The molecule has 0 bridgehead atoms. The molecule has 0 aliphatic heterocycles. The van der Waals surface area contributed by atoms with Crippen molar-refractivity contribution < 1.29 is 9.21 Å². The van der Waals surface area contributed by atoms with Crippen molar-refractivity contribution in [2.45, 2.75) is 78.6 Å². The van der Waals surface area contributed by atoms with Crippen LogP contribution in [0.2, 0.25) is 0 Å². The van der Waals surface area contributed by atoms with E-state index in [1.807, 2.05) is 19.9 Å². The van der Waals surface area contributed by atoms with E-state index in [0.29, 0.717) is 6.42 Å². The van der Waals surface area contributed by atoms with Gasteiger partial charge in [0.1, 0.15) is 11.5 Å². The fourth-order valence-electron chi connectivity index (χ4n) is 2.46. The molecule has 0 amide bonds. The number of ketones is 1. The zero-order chi connectivity index (χ0) is 14.1. The molecule has 0 N–H and O–H groups in total. The van der Waals surface area contributed by atoms with Crippen molar-refractivity contribution in [3.8, 4) is 0 Å². The highest BCUT2D eigenvalue weighted by Gasteiger charge is 2.12. The van der Waals surface area contributed by atoms with Gasteiger partial charge in [-0.3, -0.25) is 4.79 Å². The number of carbonyl (C=O) groups excluding carboxylic acids is 1. The van der Waals surface area contributed by atoms with E-state index in [1.165, 1.54) is 44.9 Å². The van der Waals surface area contributed by atoms with E-state index < -0.39 is 0 Å². The van der Waals surface area contributed by atoms with Crippen LogP contribution in [-0.2, 0) is 0 Å². The number of hydrogen-bond acceptors (Lipinski definition) is 2. The van der Waals surface area contributed by atoms with Gasteiger partial charge in [0.25, 0.3) is 0 Å². The molecule has 0 saturated heterocycles. The lowest BCUT2D eigenvalue weighted by Gasteiger charge is -2.01. The summed E-state index contributed by atoms with van der Waals surface area (Å²) in [5.41, 5.74) is 0.778. The number of carbonyl (C=O) groups is 1. The van der Waals surface area contributed by atoms with Gasteiger partial charge < -0.3 is 4.42 Å². The maximum absolute atomic E-state index is 12.0. The van der Waals surface area contributed by atoms with Gasteiger partial charge in [0.05, 0.1) is 5.56 Å². The Labute approximate surface area is 117 Å². The number of rotatable bonds is 10. The fraction of sp³-hybridized carbons (Fsp3) is 0.706. The predicted molar refractivity (Wildman–Crippen MR) is 79.7 cm³/mol. The molecule has 1 aromatic heterocycles. The molecule has 0 saturated carbocycles. The molecule has 1 heterocycles. The lowest BCUT2D eigenvalue weighted by molar-refractivity contribution is 0.0977. The topological polar surface area (TPSA) is 30.2 Å². The van der Waals surface area contributed by atoms with Gasteiger partial charge in [-0.15, -0.1) is 0 Å². The van der Waals surface area contributed by atoms with Gasteiger partial charge in [0.2, 0.25) is 0 Å². The van der Waals surface area contributed by atoms with Gasteiger partial charge in [-0.2, -0.15) is 0 Å². The SMILES string of the molecule is CCCCCCCCCCC(=O)c1cc(C)oc1C. The minimum Gasteiger partial charge on any atom is -0.466 e. The predicted octanol–water partition coefficient (Wildman–Crippen LogP) is 5.61. The van der Waals surface area contributed by atoms with Crippen molar-refractivity contribution in [1.29, 1.82) is 0 Å². The monoisotopic (exact) mass is 264 g/mol. The Morgan fingerprint density at radius 3 is 2.11 bits per heavy atom. The first-order valence-corrected chi connectivity index (χ1v) is 7.75. The Hall–Kier alpha value is -1.05. The Balaban J connectivity index is 2.09. The Bertz CT molecular complexity index is 377. The maximum atomic E-state index is 12.0. The second kappa shape index (κ2) is 8.95. The van der Waals surface area contributed by atoms with E-state index in [9.17, 15) is 4.79 Å². The zero-order valence-corrected chi connectivity index (χ0v) is 12.8. The average molecular weight is 264 g/mol. The minimum absolute atomic E-state index is 0.236. The molecular weight excluding hydrogens is 236 g/mol. The summed E-state index contributed by atoms with van der Waals surface area (Å²) in [6.45, 7) is 6.00. The second-order valence-electron chi connectivity index (χ2n) is 5.47. The van der Waals surface area contributed by atoms with E-state index in [2.05, 4.69) is 6.92 Å². The van der Waals surface area contributed by atoms with E-state index in [1.54, 1.807) is 0 Å². The summed E-state index contributed by atoms with van der Waals surface area (Å²) in [5, 5.41) is 0. The Kier molecular flexibility index (Phi) is 7.54. The molecule has 0 radical (unpaired) electrons. The largest absolute Gasteiger partial charge is 0.466 e. The molecule has 0 aliphatic rings. The molecule has 19 heavy (non-hydrogen) atoms. The Morgan fingerprint density at radius 1 is 1.00 bits per heavy atom. The standard InChI is InChI=1S/C17H28O2/c1-4-5-6-7-8-9-10-11-12-17(18)16-13-14(2)19-15(16)3/h13H,4-12H2,1-3H3. The molecule has 2 nitrogen and oxygen atoms in total. The number of hydrogen-bond donors (Lipinski definition) is 0. The van der Waals surface area contributed by atoms with Crippen molar-refractivity contribution in [2.75, 3.05) is 0 Å². The molecule has 108 valence electrons. The van der Waals surface area contributed by atoms with Crippen LogP contribution in [0.4, 0.5) is 0 Å². The summed E-state index contributed by atoms with van der Waals surface area (Å²) in [7, 11) is 0. The first kappa shape index (κ1) is 16.0. The van der Waals surface area contributed by atoms with Crippen molar-refractivity contribution in [3.05, 3.63) is 23.2 Å². The first-order valence-electron chi connectivity index (χ1n) is 7.75. The molecule has 2 heteroatoms. The maximum Gasteiger partial charge on any atom is 0.166 e. The summed E-state index contributed by atoms with van der Waals surface area (Å²) in [6.07, 6.45) is 10.8. The van der Waals surface area contributed by atoms with Crippen LogP contribution in [0.1, 0.15) is 86.6 Å². The van der Waals surface area contributed by atoms with Gasteiger partial charge in [-0.05, 0) is 26.3 Å². The van der Waals surface area contributed by atoms with Crippen LogP contribution in [0.5, 0.6) is 0 Å². The summed E-state index contributed by atoms with van der Waals surface area (Å²) >= 11 is 0. The highest BCUT2D eigenvalue weighted by atomic mass is 16.3. The highest BCUT2D eigenvalue weighted by molar-refractivity contribution is 5.97. The molecule has 0 aromatic carbocycles. The van der Waals surface area contributed by atoms with Crippen LogP contribution in [0, 0.1) is 13.8 Å². The summed E-state index contributed by atoms with van der Waals surface area (Å²) < 4.78 is 5.40. The summed E-state index contributed by atoms with van der Waals surface area (Å²) in [6, 6.07) is 1.86. The third-order valence-corrected chi connectivity index (χ3v) is 3.60. The van der Waals surface area contributed by atoms with Gasteiger partial charge in [0.15, 0.2) is 5.78 Å². The normalized spacial score (nSPS) is 10.9. The van der Waals surface area contributed by atoms with Crippen LogP contribution in [0.15, 0.2) is 10.5 Å². The number of furan rings is 1. The molecule has 0 spiro atoms.